The van der Waals surface area contributed by atoms with E-state index in [2.05, 4.69) is 10.6 Å². The lowest BCUT2D eigenvalue weighted by atomic mass is 10.0. The molecule has 0 radical (unpaired) electrons. The number of rotatable bonds is 8. The Labute approximate surface area is 157 Å². The van der Waals surface area contributed by atoms with Gasteiger partial charge < -0.3 is 20.2 Å². The predicted molar refractivity (Wildman–Crippen MR) is 99.6 cm³/mol. The first-order chi connectivity index (χ1) is 12.9. The number of furan rings is 1. The van der Waals surface area contributed by atoms with Gasteiger partial charge in [0.15, 0.2) is 0 Å². The van der Waals surface area contributed by atoms with Crippen molar-refractivity contribution in [1.29, 1.82) is 0 Å². The second-order valence-corrected chi connectivity index (χ2v) is 6.39. The molecule has 3 N–H and O–H groups in total. The number of amides is 2. The SMILES string of the molecule is CC(C)CC(NC(=O)C(=Cc1ccco1)NC(=O)c1ccccc1)C(=O)O. The van der Waals surface area contributed by atoms with Gasteiger partial charge in [0.25, 0.3) is 11.8 Å². The van der Waals surface area contributed by atoms with E-state index < -0.39 is 23.8 Å². The van der Waals surface area contributed by atoms with Crippen LogP contribution in [0.15, 0.2) is 58.8 Å². The van der Waals surface area contributed by atoms with Crippen LogP contribution in [-0.4, -0.2) is 28.9 Å². The predicted octanol–water partition coefficient (Wildman–Crippen LogP) is 2.67. The van der Waals surface area contributed by atoms with Crippen LogP contribution in [0.2, 0.25) is 0 Å². The molecule has 7 heteroatoms. The largest absolute Gasteiger partial charge is 0.480 e. The number of carbonyl (C=O) groups excluding carboxylic acids is 2. The van der Waals surface area contributed by atoms with E-state index in [9.17, 15) is 19.5 Å². The normalized spacial score (nSPS) is 12.5. The highest BCUT2D eigenvalue weighted by Crippen LogP contribution is 2.10. The zero-order chi connectivity index (χ0) is 19.8. The van der Waals surface area contributed by atoms with Crippen LogP contribution >= 0.6 is 0 Å². The number of benzene rings is 1. The molecule has 2 amide bonds. The second kappa shape index (κ2) is 9.38. The Kier molecular flexibility index (Phi) is 6.93. The number of carboxylic acids is 1. The molecular formula is C20H22N2O5. The lowest BCUT2D eigenvalue weighted by Gasteiger charge is -2.18. The van der Waals surface area contributed by atoms with Crippen molar-refractivity contribution in [3.63, 3.8) is 0 Å². The number of hydrogen-bond donors (Lipinski definition) is 3. The molecule has 0 saturated carbocycles. The molecule has 0 aliphatic carbocycles. The highest BCUT2D eigenvalue weighted by Gasteiger charge is 2.24. The quantitative estimate of drug-likeness (QED) is 0.619. The van der Waals surface area contributed by atoms with Crippen LogP contribution in [0, 0.1) is 5.92 Å². The summed E-state index contributed by atoms with van der Waals surface area (Å²) in [5.41, 5.74) is 0.265. The summed E-state index contributed by atoms with van der Waals surface area (Å²) in [6.45, 7) is 3.72. The first-order valence-corrected chi connectivity index (χ1v) is 8.52. The van der Waals surface area contributed by atoms with E-state index in [1.165, 1.54) is 12.3 Å². The molecule has 7 nitrogen and oxygen atoms in total. The molecule has 142 valence electrons. The van der Waals surface area contributed by atoms with Gasteiger partial charge in [-0.25, -0.2) is 4.79 Å². The average Bonchev–Trinajstić information content (AvgIpc) is 3.13. The van der Waals surface area contributed by atoms with E-state index in [0.717, 1.165) is 0 Å². The Bertz CT molecular complexity index is 810. The standard InChI is InChI=1S/C20H22N2O5/c1-13(2)11-17(20(25)26)22-19(24)16(12-15-9-6-10-27-15)21-18(23)14-7-4-3-5-8-14/h3-10,12-13,17H,11H2,1-2H3,(H,21,23)(H,22,24)(H,25,26). The molecule has 1 unspecified atom stereocenters. The van der Waals surface area contributed by atoms with Crippen molar-refractivity contribution in [3.8, 4) is 0 Å². The van der Waals surface area contributed by atoms with Crippen molar-refractivity contribution >= 4 is 23.9 Å². The molecule has 1 aromatic carbocycles. The third-order valence-corrected chi connectivity index (χ3v) is 3.67. The molecule has 1 aromatic heterocycles. The fraction of sp³-hybridized carbons (Fsp3) is 0.250. The summed E-state index contributed by atoms with van der Waals surface area (Å²) in [7, 11) is 0. The molecule has 0 bridgehead atoms. The van der Waals surface area contributed by atoms with E-state index in [1.54, 1.807) is 42.5 Å². The van der Waals surface area contributed by atoms with Gasteiger partial charge in [0.1, 0.15) is 17.5 Å². The molecule has 0 aliphatic heterocycles. The third-order valence-electron chi connectivity index (χ3n) is 3.67. The summed E-state index contributed by atoms with van der Waals surface area (Å²) in [4.78, 5) is 36.5. The van der Waals surface area contributed by atoms with Gasteiger partial charge in [0, 0.05) is 11.6 Å². The molecule has 0 spiro atoms. The first kappa shape index (κ1) is 20.0. The fourth-order valence-electron chi connectivity index (χ4n) is 2.39. The fourth-order valence-corrected chi connectivity index (χ4v) is 2.39. The summed E-state index contributed by atoms with van der Waals surface area (Å²) in [5.74, 6) is -1.90. The van der Waals surface area contributed by atoms with Gasteiger partial charge in [0.2, 0.25) is 0 Å². The molecule has 0 fully saturated rings. The van der Waals surface area contributed by atoms with E-state index >= 15 is 0 Å². The number of carboxylic acid groups (broad SMARTS) is 1. The molecule has 2 aromatic rings. The van der Waals surface area contributed by atoms with Gasteiger partial charge in [-0.2, -0.15) is 0 Å². The van der Waals surface area contributed by atoms with Crippen molar-refractivity contribution in [2.45, 2.75) is 26.3 Å². The smallest absolute Gasteiger partial charge is 0.326 e. The summed E-state index contributed by atoms with van der Waals surface area (Å²) in [6.07, 6.45) is 3.05. The van der Waals surface area contributed by atoms with Gasteiger partial charge >= 0.3 is 5.97 Å². The topological polar surface area (TPSA) is 109 Å². The lowest BCUT2D eigenvalue weighted by Crippen LogP contribution is -2.45. The molecule has 0 aliphatic rings. The Morgan fingerprint density at radius 1 is 1.11 bits per heavy atom. The monoisotopic (exact) mass is 370 g/mol. The second-order valence-electron chi connectivity index (χ2n) is 6.39. The van der Waals surface area contributed by atoms with E-state index in [4.69, 9.17) is 4.42 Å². The minimum atomic E-state index is -1.14. The van der Waals surface area contributed by atoms with Crippen molar-refractivity contribution in [1.82, 2.24) is 10.6 Å². The highest BCUT2D eigenvalue weighted by molar-refractivity contribution is 6.05. The maximum absolute atomic E-state index is 12.6. The maximum Gasteiger partial charge on any atom is 0.326 e. The van der Waals surface area contributed by atoms with Crippen molar-refractivity contribution in [2.24, 2.45) is 5.92 Å². The Hall–Kier alpha value is -3.35. The molecule has 1 heterocycles. The lowest BCUT2D eigenvalue weighted by molar-refractivity contribution is -0.141. The van der Waals surface area contributed by atoms with Gasteiger partial charge in [-0.05, 0) is 36.6 Å². The Morgan fingerprint density at radius 2 is 1.81 bits per heavy atom. The Morgan fingerprint density at radius 3 is 2.37 bits per heavy atom. The van der Waals surface area contributed by atoms with Crippen LogP contribution in [0.25, 0.3) is 6.08 Å². The number of nitrogens with one attached hydrogen (secondary N) is 2. The van der Waals surface area contributed by atoms with Crippen molar-refractivity contribution < 1.29 is 23.9 Å². The van der Waals surface area contributed by atoms with Gasteiger partial charge in [0.05, 0.1) is 6.26 Å². The van der Waals surface area contributed by atoms with Crippen LogP contribution in [0.3, 0.4) is 0 Å². The van der Waals surface area contributed by atoms with Gasteiger partial charge in [-0.3, -0.25) is 9.59 Å². The summed E-state index contributed by atoms with van der Waals surface area (Å²) in [5, 5.41) is 14.3. The highest BCUT2D eigenvalue weighted by atomic mass is 16.4. The summed E-state index contributed by atoms with van der Waals surface area (Å²) >= 11 is 0. The average molecular weight is 370 g/mol. The maximum atomic E-state index is 12.6. The van der Waals surface area contributed by atoms with Crippen LogP contribution in [-0.2, 0) is 9.59 Å². The van der Waals surface area contributed by atoms with Crippen LogP contribution in [0.4, 0.5) is 0 Å². The molecule has 2 rings (SSSR count). The van der Waals surface area contributed by atoms with E-state index in [1.807, 2.05) is 13.8 Å². The molecule has 1 atom stereocenters. The van der Waals surface area contributed by atoms with Crippen LogP contribution in [0.1, 0.15) is 36.4 Å². The summed E-state index contributed by atoms with van der Waals surface area (Å²) in [6, 6.07) is 10.6. The van der Waals surface area contributed by atoms with Gasteiger partial charge in [-0.1, -0.05) is 32.0 Å². The van der Waals surface area contributed by atoms with Crippen LogP contribution < -0.4 is 10.6 Å². The zero-order valence-corrected chi connectivity index (χ0v) is 15.1. The number of aliphatic carboxylic acids is 1. The van der Waals surface area contributed by atoms with Crippen molar-refractivity contribution in [3.05, 3.63) is 65.7 Å². The minimum absolute atomic E-state index is 0.0720. The van der Waals surface area contributed by atoms with E-state index in [-0.39, 0.29) is 18.0 Å². The Balaban J connectivity index is 2.23. The van der Waals surface area contributed by atoms with Crippen LogP contribution in [0.5, 0.6) is 0 Å². The third kappa shape index (κ3) is 6.14. The molecule has 27 heavy (non-hydrogen) atoms. The van der Waals surface area contributed by atoms with Crippen molar-refractivity contribution in [2.75, 3.05) is 0 Å². The molecular weight excluding hydrogens is 348 g/mol. The van der Waals surface area contributed by atoms with E-state index in [0.29, 0.717) is 11.3 Å². The minimum Gasteiger partial charge on any atom is -0.480 e. The first-order valence-electron chi connectivity index (χ1n) is 8.52. The summed E-state index contributed by atoms with van der Waals surface area (Å²) < 4.78 is 5.19. The molecule has 0 saturated heterocycles. The van der Waals surface area contributed by atoms with Gasteiger partial charge in [-0.15, -0.1) is 0 Å². The number of carbonyl (C=O) groups is 3. The zero-order valence-electron chi connectivity index (χ0n) is 15.1. The number of hydrogen-bond acceptors (Lipinski definition) is 4.